The van der Waals surface area contributed by atoms with Crippen LogP contribution in [0.1, 0.15) is 40.5 Å². The van der Waals surface area contributed by atoms with Crippen LogP contribution in [0.4, 0.5) is 0 Å². The molecule has 2 rings (SSSR count). The molecule has 1 N–H and O–H groups in total. The van der Waals surface area contributed by atoms with Crippen molar-refractivity contribution < 1.29 is 24.2 Å². The Bertz CT molecular complexity index is 455. The van der Waals surface area contributed by atoms with Gasteiger partial charge in [0.2, 0.25) is 0 Å². The fourth-order valence-corrected chi connectivity index (χ4v) is 4.31. The van der Waals surface area contributed by atoms with E-state index in [2.05, 4.69) is 0 Å². The van der Waals surface area contributed by atoms with Gasteiger partial charge >= 0.3 is 5.97 Å². The number of aliphatic hydroxyl groups is 1. The molecule has 2 saturated carbocycles. The van der Waals surface area contributed by atoms with Crippen molar-refractivity contribution in [1.82, 2.24) is 0 Å². The molecular weight excluding hydrogens is 260 g/mol. The molecule has 0 spiro atoms. The normalized spacial score (nSPS) is 43.0. The summed E-state index contributed by atoms with van der Waals surface area (Å²) in [6, 6.07) is 0. The van der Waals surface area contributed by atoms with E-state index in [0.29, 0.717) is 6.29 Å². The Kier molecular flexibility index (Phi) is 3.32. The van der Waals surface area contributed by atoms with Crippen molar-refractivity contribution in [3.05, 3.63) is 0 Å². The van der Waals surface area contributed by atoms with Gasteiger partial charge in [-0.1, -0.05) is 20.8 Å². The van der Waals surface area contributed by atoms with Crippen molar-refractivity contribution in [1.29, 1.82) is 0 Å². The number of esters is 1. The van der Waals surface area contributed by atoms with Gasteiger partial charge in [-0.2, -0.15) is 0 Å². The molecule has 0 bridgehead atoms. The van der Waals surface area contributed by atoms with Gasteiger partial charge in [0.15, 0.2) is 11.9 Å². The van der Waals surface area contributed by atoms with Crippen LogP contribution in [0, 0.1) is 22.7 Å². The molecule has 0 aromatic carbocycles. The Balaban J connectivity index is 2.50. The van der Waals surface area contributed by atoms with Crippen molar-refractivity contribution in [2.24, 2.45) is 22.7 Å². The molecule has 0 aliphatic heterocycles. The van der Waals surface area contributed by atoms with Crippen LogP contribution in [-0.2, 0) is 19.1 Å². The summed E-state index contributed by atoms with van der Waals surface area (Å²) in [5.41, 5.74) is -2.81. The molecule has 0 aromatic heterocycles. The molecule has 5 nitrogen and oxygen atoms in total. The molecule has 0 aromatic rings. The Morgan fingerprint density at radius 2 is 1.90 bits per heavy atom. The van der Waals surface area contributed by atoms with Gasteiger partial charge in [-0.05, 0) is 31.1 Å². The lowest BCUT2D eigenvalue weighted by molar-refractivity contribution is -0.191. The van der Waals surface area contributed by atoms with E-state index in [-0.39, 0.29) is 17.3 Å². The van der Waals surface area contributed by atoms with E-state index in [9.17, 15) is 19.5 Å². The van der Waals surface area contributed by atoms with Gasteiger partial charge in [0, 0.05) is 5.92 Å². The van der Waals surface area contributed by atoms with Gasteiger partial charge in [0.25, 0.3) is 0 Å². The highest BCUT2D eigenvalue weighted by Gasteiger charge is 2.83. The number of aliphatic hydroxyl groups excluding tert-OH is 1. The van der Waals surface area contributed by atoms with Crippen molar-refractivity contribution in [3.8, 4) is 0 Å². The summed E-state index contributed by atoms with van der Waals surface area (Å²) >= 11 is 0. The third-order valence-electron chi connectivity index (χ3n) is 5.64. The Morgan fingerprint density at radius 3 is 2.35 bits per heavy atom. The number of hydrogen-bond acceptors (Lipinski definition) is 5. The van der Waals surface area contributed by atoms with Crippen LogP contribution in [0.2, 0.25) is 0 Å². The van der Waals surface area contributed by atoms with Gasteiger partial charge in [-0.15, -0.1) is 0 Å². The maximum atomic E-state index is 11.8. The minimum atomic E-state index is -1.46. The lowest BCUT2D eigenvalue weighted by atomic mass is 9.67. The smallest absolute Gasteiger partial charge is 0.335 e. The quantitative estimate of drug-likeness (QED) is 0.617. The lowest BCUT2D eigenvalue weighted by Gasteiger charge is -2.42. The number of hydrogen-bond donors (Lipinski definition) is 1. The first-order chi connectivity index (χ1) is 9.21. The van der Waals surface area contributed by atoms with Crippen molar-refractivity contribution in [2.45, 2.75) is 52.2 Å². The van der Waals surface area contributed by atoms with Crippen LogP contribution >= 0.6 is 0 Å². The van der Waals surface area contributed by atoms with Crippen LogP contribution in [0.3, 0.4) is 0 Å². The standard InChI is InChI=1S/C15H22O5/c1-9-5-6-11-13(3,4)14(11,7-16)15(9,8-17)20-12(19)10(2)18/h7-11,18H,5-6H2,1-4H3. The van der Waals surface area contributed by atoms with Gasteiger partial charge < -0.3 is 14.6 Å². The second-order valence-electron chi connectivity index (χ2n) is 6.75. The molecule has 0 heterocycles. The number of fused-ring (bicyclic) bond motifs is 1. The number of carbonyl (C=O) groups is 3. The summed E-state index contributed by atoms with van der Waals surface area (Å²) in [4.78, 5) is 35.4. The summed E-state index contributed by atoms with van der Waals surface area (Å²) in [5.74, 6) is -1.06. The Labute approximate surface area is 118 Å². The lowest BCUT2D eigenvalue weighted by Crippen LogP contribution is -2.56. The summed E-state index contributed by atoms with van der Waals surface area (Å²) in [6.45, 7) is 6.97. The Hall–Kier alpha value is -1.23. The van der Waals surface area contributed by atoms with E-state index in [4.69, 9.17) is 4.74 Å². The molecule has 5 unspecified atom stereocenters. The van der Waals surface area contributed by atoms with Gasteiger partial charge in [0.05, 0.1) is 5.41 Å². The topological polar surface area (TPSA) is 80.7 Å². The minimum Gasteiger partial charge on any atom is -0.448 e. The maximum absolute atomic E-state index is 11.8. The highest BCUT2D eigenvalue weighted by Crippen LogP contribution is 2.78. The van der Waals surface area contributed by atoms with Crippen LogP contribution in [0.15, 0.2) is 0 Å². The number of aldehydes is 2. The first-order valence-electron chi connectivity index (χ1n) is 7.05. The number of ether oxygens (including phenoxy) is 1. The van der Waals surface area contributed by atoms with Crippen LogP contribution in [0.25, 0.3) is 0 Å². The molecule has 0 amide bonds. The third-order valence-corrected chi connectivity index (χ3v) is 5.64. The summed E-state index contributed by atoms with van der Waals surface area (Å²) < 4.78 is 5.40. The zero-order valence-corrected chi connectivity index (χ0v) is 12.4. The zero-order chi connectivity index (χ0) is 15.3. The molecule has 0 radical (unpaired) electrons. The van der Waals surface area contributed by atoms with Crippen molar-refractivity contribution in [2.75, 3.05) is 0 Å². The highest BCUT2D eigenvalue weighted by molar-refractivity contribution is 5.86. The molecule has 2 aliphatic rings. The fourth-order valence-electron chi connectivity index (χ4n) is 4.31. The van der Waals surface area contributed by atoms with Crippen molar-refractivity contribution >= 4 is 18.5 Å². The first-order valence-corrected chi connectivity index (χ1v) is 7.05. The van der Waals surface area contributed by atoms with Crippen molar-refractivity contribution in [3.63, 3.8) is 0 Å². The summed E-state index contributed by atoms with van der Waals surface area (Å²) in [5, 5.41) is 9.36. The van der Waals surface area contributed by atoms with Crippen LogP contribution in [0.5, 0.6) is 0 Å². The molecular formula is C15H22O5. The zero-order valence-electron chi connectivity index (χ0n) is 12.4. The predicted molar refractivity (Wildman–Crippen MR) is 70.7 cm³/mol. The average Bonchev–Trinajstić information content (AvgIpc) is 2.90. The second kappa shape index (κ2) is 4.38. The van der Waals surface area contributed by atoms with E-state index < -0.39 is 23.1 Å². The molecule has 2 aliphatic carbocycles. The van der Waals surface area contributed by atoms with Gasteiger partial charge in [0.1, 0.15) is 12.4 Å². The number of rotatable bonds is 4. The first kappa shape index (κ1) is 15.2. The van der Waals surface area contributed by atoms with E-state index in [1.54, 1.807) is 0 Å². The summed E-state index contributed by atoms with van der Waals surface area (Å²) in [6.07, 6.45) is 1.64. The van der Waals surface area contributed by atoms with Gasteiger partial charge in [-0.25, -0.2) is 4.79 Å². The largest absolute Gasteiger partial charge is 0.448 e. The fraction of sp³-hybridized carbons (Fsp3) is 0.800. The average molecular weight is 282 g/mol. The SMILES string of the molecule is CC(O)C(=O)OC1(C=O)C(C)CCC2C(C)(C)C21C=O. The molecule has 2 fully saturated rings. The molecule has 5 heteroatoms. The molecule has 0 saturated heterocycles. The van der Waals surface area contributed by atoms with Crippen LogP contribution in [-0.4, -0.2) is 35.4 Å². The van der Waals surface area contributed by atoms with Crippen LogP contribution < -0.4 is 0 Å². The monoisotopic (exact) mass is 282 g/mol. The minimum absolute atomic E-state index is 0.0377. The molecule has 20 heavy (non-hydrogen) atoms. The number of carbonyl (C=O) groups excluding carboxylic acids is 3. The molecule has 5 atom stereocenters. The van der Waals surface area contributed by atoms with E-state index in [0.717, 1.165) is 19.1 Å². The van der Waals surface area contributed by atoms with E-state index in [1.165, 1.54) is 6.92 Å². The highest BCUT2D eigenvalue weighted by atomic mass is 16.6. The third kappa shape index (κ3) is 1.50. The van der Waals surface area contributed by atoms with E-state index >= 15 is 0 Å². The van der Waals surface area contributed by atoms with Gasteiger partial charge in [-0.3, -0.25) is 4.79 Å². The Morgan fingerprint density at radius 1 is 1.30 bits per heavy atom. The van der Waals surface area contributed by atoms with E-state index in [1.807, 2.05) is 20.8 Å². The summed E-state index contributed by atoms with van der Waals surface area (Å²) in [7, 11) is 0. The maximum Gasteiger partial charge on any atom is 0.335 e. The molecule has 112 valence electrons. The second-order valence-corrected chi connectivity index (χ2v) is 6.75. The predicted octanol–water partition coefficient (Wildman–Crippen LogP) is 1.12.